The number of ether oxygens (including phenoxy) is 2. The van der Waals surface area contributed by atoms with Crippen molar-refractivity contribution >= 4 is 39.2 Å². The second kappa shape index (κ2) is 7.94. The fraction of sp³-hybridized carbons (Fsp3) is 0.0526. The van der Waals surface area contributed by atoms with Gasteiger partial charge in [0.2, 0.25) is 6.79 Å². The van der Waals surface area contributed by atoms with E-state index >= 15 is 0 Å². The molecule has 0 saturated heterocycles. The second-order valence-electron chi connectivity index (χ2n) is 5.89. The molecule has 148 valence electrons. The van der Waals surface area contributed by atoms with E-state index in [2.05, 4.69) is 15.2 Å². The fourth-order valence-electron chi connectivity index (χ4n) is 2.60. The van der Waals surface area contributed by atoms with E-state index in [-0.39, 0.29) is 22.3 Å². The first-order chi connectivity index (χ1) is 14.0. The van der Waals surface area contributed by atoms with Gasteiger partial charge in [0.15, 0.2) is 11.5 Å². The first kappa shape index (κ1) is 19.0. The van der Waals surface area contributed by atoms with Crippen molar-refractivity contribution in [2.45, 2.75) is 4.21 Å². The molecule has 4 rings (SSSR count). The number of hydrogen-bond donors (Lipinski definition) is 2. The van der Waals surface area contributed by atoms with Crippen molar-refractivity contribution in [1.82, 2.24) is 5.43 Å². The molecular formula is C19H15N3O5S2. The number of amides is 1. The average Bonchev–Trinajstić information content (AvgIpc) is 3.40. The van der Waals surface area contributed by atoms with E-state index in [9.17, 15) is 13.2 Å². The summed E-state index contributed by atoms with van der Waals surface area (Å²) >= 11 is 1.09. The maximum Gasteiger partial charge on any atom is 0.273 e. The highest BCUT2D eigenvalue weighted by Crippen LogP contribution is 2.32. The normalized spacial score (nSPS) is 12.8. The Morgan fingerprint density at radius 2 is 1.90 bits per heavy atom. The molecular weight excluding hydrogens is 414 g/mol. The van der Waals surface area contributed by atoms with Gasteiger partial charge in [-0.05, 0) is 47.3 Å². The Bertz CT molecular complexity index is 1170. The topological polar surface area (TPSA) is 106 Å². The summed E-state index contributed by atoms with van der Waals surface area (Å²) in [7, 11) is -3.77. The van der Waals surface area contributed by atoms with E-state index in [0.29, 0.717) is 17.1 Å². The molecule has 1 aromatic heterocycles. The Labute approximate surface area is 170 Å². The fourth-order valence-corrected chi connectivity index (χ4v) is 4.67. The molecule has 0 saturated carbocycles. The molecule has 0 fully saturated rings. The van der Waals surface area contributed by atoms with Crippen molar-refractivity contribution in [3.63, 3.8) is 0 Å². The third-order valence-electron chi connectivity index (χ3n) is 3.95. The number of hydrazone groups is 1. The molecule has 0 unspecified atom stereocenters. The molecule has 10 heteroatoms. The predicted molar refractivity (Wildman–Crippen MR) is 109 cm³/mol. The lowest BCUT2D eigenvalue weighted by Crippen LogP contribution is -2.21. The number of anilines is 1. The Morgan fingerprint density at radius 1 is 1.07 bits per heavy atom. The maximum absolute atomic E-state index is 12.5. The largest absolute Gasteiger partial charge is 0.454 e. The van der Waals surface area contributed by atoms with Crippen molar-refractivity contribution in [3.8, 4) is 11.5 Å². The number of sulfonamides is 1. The zero-order valence-corrected chi connectivity index (χ0v) is 16.5. The number of rotatable bonds is 6. The minimum Gasteiger partial charge on any atom is -0.454 e. The minimum atomic E-state index is -3.77. The van der Waals surface area contributed by atoms with Crippen LogP contribution in [0.3, 0.4) is 0 Å². The summed E-state index contributed by atoms with van der Waals surface area (Å²) in [5.74, 6) is 0.707. The molecule has 0 bridgehead atoms. The lowest BCUT2D eigenvalue weighted by atomic mass is 10.2. The van der Waals surface area contributed by atoms with Crippen molar-refractivity contribution < 1.29 is 22.7 Å². The molecule has 0 spiro atoms. The first-order valence-electron chi connectivity index (χ1n) is 8.41. The number of fused-ring (bicyclic) bond motifs is 1. The molecule has 2 N–H and O–H groups in total. The van der Waals surface area contributed by atoms with Crippen LogP contribution in [-0.2, 0) is 10.0 Å². The van der Waals surface area contributed by atoms with Gasteiger partial charge in [0.1, 0.15) is 4.21 Å². The highest BCUT2D eigenvalue weighted by Gasteiger charge is 2.19. The molecule has 8 nitrogen and oxygen atoms in total. The van der Waals surface area contributed by atoms with Crippen LogP contribution in [0, 0.1) is 0 Å². The van der Waals surface area contributed by atoms with Crippen molar-refractivity contribution in [3.05, 3.63) is 71.1 Å². The number of benzene rings is 2. The molecule has 0 aliphatic carbocycles. The SMILES string of the molecule is O=C(N/N=C\c1ccc2c(c1)OCO2)c1ccccc1NS(=O)(=O)c1cccs1. The van der Waals surface area contributed by atoms with Gasteiger partial charge in [0.25, 0.3) is 15.9 Å². The van der Waals surface area contributed by atoms with Crippen LogP contribution in [0.15, 0.2) is 69.3 Å². The molecule has 2 heterocycles. The van der Waals surface area contributed by atoms with Gasteiger partial charge in [-0.25, -0.2) is 13.8 Å². The summed E-state index contributed by atoms with van der Waals surface area (Å²) in [6, 6.07) is 14.7. The van der Waals surface area contributed by atoms with Crippen molar-refractivity contribution in [1.29, 1.82) is 0 Å². The van der Waals surface area contributed by atoms with Gasteiger partial charge in [-0.2, -0.15) is 5.10 Å². The van der Waals surface area contributed by atoms with E-state index < -0.39 is 15.9 Å². The van der Waals surface area contributed by atoms with Crippen LogP contribution in [-0.4, -0.2) is 27.3 Å². The van der Waals surface area contributed by atoms with E-state index in [4.69, 9.17) is 9.47 Å². The smallest absolute Gasteiger partial charge is 0.273 e. The monoisotopic (exact) mass is 429 g/mol. The Hall–Kier alpha value is -3.37. The van der Waals surface area contributed by atoms with Crippen LogP contribution in [0.25, 0.3) is 0 Å². The molecule has 1 amide bonds. The highest BCUT2D eigenvalue weighted by atomic mass is 32.2. The van der Waals surface area contributed by atoms with E-state index in [1.165, 1.54) is 24.4 Å². The summed E-state index contributed by atoms with van der Waals surface area (Å²) < 4.78 is 38.0. The Balaban J connectivity index is 1.48. The van der Waals surface area contributed by atoms with Gasteiger partial charge in [0, 0.05) is 0 Å². The van der Waals surface area contributed by atoms with E-state index in [0.717, 1.165) is 11.3 Å². The zero-order valence-electron chi connectivity index (χ0n) is 14.9. The van der Waals surface area contributed by atoms with Crippen molar-refractivity contribution in [2.75, 3.05) is 11.5 Å². The molecule has 0 radical (unpaired) electrons. The average molecular weight is 429 g/mol. The molecule has 1 aliphatic heterocycles. The van der Waals surface area contributed by atoms with E-state index in [1.807, 2.05) is 0 Å². The van der Waals surface area contributed by atoms with Crippen LogP contribution < -0.4 is 19.6 Å². The second-order valence-corrected chi connectivity index (χ2v) is 8.75. The number of carbonyl (C=O) groups is 1. The molecule has 3 aromatic rings. The summed E-state index contributed by atoms with van der Waals surface area (Å²) in [5.41, 5.74) is 3.42. The first-order valence-corrected chi connectivity index (χ1v) is 10.8. The summed E-state index contributed by atoms with van der Waals surface area (Å²) in [5, 5.41) is 5.60. The standard InChI is InChI=1S/C19H15N3O5S2/c23-19(21-20-11-13-7-8-16-17(10-13)27-12-26-16)14-4-1-2-5-15(14)22-29(24,25)18-6-3-9-28-18/h1-11,22H,12H2,(H,21,23)/b20-11-. The van der Waals surface area contributed by atoms with Gasteiger partial charge in [-0.3, -0.25) is 9.52 Å². The minimum absolute atomic E-state index is 0.149. The van der Waals surface area contributed by atoms with E-state index in [1.54, 1.807) is 41.8 Å². The quantitative estimate of drug-likeness (QED) is 0.463. The lowest BCUT2D eigenvalue weighted by molar-refractivity contribution is 0.0956. The number of para-hydroxylation sites is 1. The third-order valence-corrected chi connectivity index (χ3v) is 6.72. The van der Waals surface area contributed by atoms with Crippen LogP contribution in [0.2, 0.25) is 0 Å². The number of nitrogens with zero attached hydrogens (tertiary/aromatic N) is 1. The Kier molecular flexibility index (Phi) is 5.19. The third kappa shape index (κ3) is 4.23. The highest BCUT2D eigenvalue weighted by molar-refractivity contribution is 7.94. The van der Waals surface area contributed by atoms with Gasteiger partial charge in [-0.15, -0.1) is 11.3 Å². The Morgan fingerprint density at radius 3 is 2.72 bits per heavy atom. The van der Waals surface area contributed by atoms with Gasteiger partial charge in [0.05, 0.1) is 17.5 Å². The van der Waals surface area contributed by atoms with Gasteiger partial charge < -0.3 is 9.47 Å². The summed E-state index contributed by atoms with van der Waals surface area (Å²) in [6.45, 7) is 0.171. The van der Waals surface area contributed by atoms with Gasteiger partial charge >= 0.3 is 0 Å². The van der Waals surface area contributed by atoms with Crippen LogP contribution in [0.5, 0.6) is 11.5 Å². The predicted octanol–water partition coefficient (Wildman–Crippen LogP) is 3.04. The van der Waals surface area contributed by atoms with Gasteiger partial charge in [-0.1, -0.05) is 18.2 Å². The number of hydrogen-bond acceptors (Lipinski definition) is 7. The molecule has 0 atom stereocenters. The molecule has 1 aliphatic rings. The van der Waals surface area contributed by atoms with Crippen LogP contribution in [0.4, 0.5) is 5.69 Å². The molecule has 29 heavy (non-hydrogen) atoms. The summed E-state index contributed by atoms with van der Waals surface area (Å²) in [4.78, 5) is 12.5. The lowest BCUT2D eigenvalue weighted by Gasteiger charge is -2.10. The number of carbonyl (C=O) groups excluding carboxylic acids is 1. The molecule has 2 aromatic carbocycles. The maximum atomic E-state index is 12.5. The van der Waals surface area contributed by atoms with Crippen LogP contribution >= 0.6 is 11.3 Å². The van der Waals surface area contributed by atoms with Crippen LogP contribution in [0.1, 0.15) is 15.9 Å². The number of nitrogens with one attached hydrogen (secondary N) is 2. The number of thiophene rings is 1. The van der Waals surface area contributed by atoms with Crippen molar-refractivity contribution in [2.24, 2.45) is 5.10 Å². The zero-order chi connectivity index (χ0) is 20.3. The summed E-state index contributed by atoms with van der Waals surface area (Å²) in [6.07, 6.45) is 1.46.